The van der Waals surface area contributed by atoms with Gasteiger partial charge in [0.25, 0.3) is 0 Å². The maximum absolute atomic E-state index is 14.0. The van der Waals surface area contributed by atoms with Gasteiger partial charge < -0.3 is 5.32 Å². The van der Waals surface area contributed by atoms with E-state index in [9.17, 15) is 4.39 Å². The van der Waals surface area contributed by atoms with E-state index in [1.807, 2.05) is 24.3 Å². The summed E-state index contributed by atoms with van der Waals surface area (Å²) in [5, 5.41) is 3.68. The topological polar surface area (TPSA) is 12.0 Å². The van der Waals surface area contributed by atoms with Crippen LogP contribution in [-0.4, -0.2) is 6.04 Å². The minimum atomic E-state index is -0.251. The molecule has 2 aromatic carbocycles. The predicted octanol–water partition coefficient (Wildman–Crippen LogP) is 3.74. The zero-order chi connectivity index (χ0) is 13.2. The number of halogens is 2. The lowest BCUT2D eigenvalue weighted by atomic mass is 9.92. The van der Waals surface area contributed by atoms with Crippen molar-refractivity contribution in [1.82, 2.24) is 5.32 Å². The molecule has 0 spiro atoms. The van der Waals surface area contributed by atoms with Gasteiger partial charge in [0, 0.05) is 12.6 Å². The SMILES string of the molecule is Fc1c(Cl)ccc2c1CC(Cc1ccccc1)NC2. The van der Waals surface area contributed by atoms with Crippen molar-refractivity contribution >= 4 is 11.6 Å². The minimum Gasteiger partial charge on any atom is -0.309 e. The smallest absolute Gasteiger partial charge is 0.145 e. The number of benzene rings is 2. The van der Waals surface area contributed by atoms with Crippen LogP contribution in [0.4, 0.5) is 4.39 Å². The lowest BCUT2D eigenvalue weighted by Crippen LogP contribution is -2.37. The molecule has 0 aromatic heterocycles. The molecule has 3 rings (SSSR count). The van der Waals surface area contributed by atoms with Gasteiger partial charge in [0.15, 0.2) is 0 Å². The van der Waals surface area contributed by atoms with Gasteiger partial charge in [-0.3, -0.25) is 0 Å². The van der Waals surface area contributed by atoms with E-state index in [1.165, 1.54) is 5.56 Å². The molecule has 1 N–H and O–H groups in total. The Balaban J connectivity index is 1.80. The number of rotatable bonds is 2. The van der Waals surface area contributed by atoms with Crippen LogP contribution in [0.1, 0.15) is 16.7 Å². The fraction of sp³-hybridized carbons (Fsp3) is 0.250. The largest absolute Gasteiger partial charge is 0.309 e. The van der Waals surface area contributed by atoms with Crippen LogP contribution in [0.15, 0.2) is 42.5 Å². The van der Waals surface area contributed by atoms with E-state index in [-0.39, 0.29) is 16.9 Å². The van der Waals surface area contributed by atoms with Crippen LogP contribution >= 0.6 is 11.6 Å². The van der Waals surface area contributed by atoms with Crippen molar-refractivity contribution in [3.05, 3.63) is 70.0 Å². The molecule has 3 heteroatoms. The van der Waals surface area contributed by atoms with Crippen molar-refractivity contribution in [1.29, 1.82) is 0 Å². The van der Waals surface area contributed by atoms with Gasteiger partial charge in [-0.15, -0.1) is 0 Å². The molecular weight excluding hydrogens is 261 g/mol. The molecule has 2 aromatic rings. The highest BCUT2D eigenvalue weighted by Crippen LogP contribution is 2.26. The van der Waals surface area contributed by atoms with Crippen LogP contribution in [0.3, 0.4) is 0 Å². The summed E-state index contributed by atoms with van der Waals surface area (Å²) in [4.78, 5) is 0. The molecule has 0 saturated carbocycles. The van der Waals surface area contributed by atoms with Gasteiger partial charge in [-0.1, -0.05) is 48.0 Å². The first-order valence-corrected chi connectivity index (χ1v) is 6.85. The Morgan fingerprint density at radius 1 is 1.16 bits per heavy atom. The summed E-state index contributed by atoms with van der Waals surface area (Å²) < 4.78 is 14.0. The molecule has 0 amide bonds. The first-order chi connectivity index (χ1) is 9.24. The average molecular weight is 276 g/mol. The molecule has 1 atom stereocenters. The van der Waals surface area contributed by atoms with Crippen molar-refractivity contribution in [3.8, 4) is 0 Å². The highest BCUT2D eigenvalue weighted by atomic mass is 35.5. The minimum absolute atomic E-state index is 0.221. The van der Waals surface area contributed by atoms with Gasteiger partial charge in [-0.2, -0.15) is 0 Å². The van der Waals surface area contributed by atoms with Crippen LogP contribution in [0.2, 0.25) is 5.02 Å². The molecule has 19 heavy (non-hydrogen) atoms. The molecule has 1 unspecified atom stereocenters. The van der Waals surface area contributed by atoms with Crippen molar-refractivity contribution in [3.63, 3.8) is 0 Å². The number of nitrogens with one attached hydrogen (secondary N) is 1. The van der Waals surface area contributed by atoms with Gasteiger partial charge >= 0.3 is 0 Å². The molecular formula is C16H15ClFN. The van der Waals surface area contributed by atoms with Gasteiger partial charge in [-0.25, -0.2) is 4.39 Å². The highest BCUT2D eigenvalue weighted by Gasteiger charge is 2.22. The molecule has 98 valence electrons. The van der Waals surface area contributed by atoms with E-state index >= 15 is 0 Å². The van der Waals surface area contributed by atoms with Crippen molar-refractivity contribution in [2.24, 2.45) is 0 Å². The van der Waals surface area contributed by atoms with E-state index < -0.39 is 0 Å². The molecule has 1 heterocycles. The van der Waals surface area contributed by atoms with E-state index in [1.54, 1.807) is 6.07 Å². The Morgan fingerprint density at radius 3 is 2.74 bits per heavy atom. The Hall–Kier alpha value is -1.38. The van der Waals surface area contributed by atoms with E-state index in [0.29, 0.717) is 13.0 Å². The molecule has 0 radical (unpaired) electrons. The maximum Gasteiger partial charge on any atom is 0.145 e. The summed E-state index contributed by atoms with van der Waals surface area (Å²) in [6, 6.07) is 14.1. The van der Waals surface area contributed by atoms with E-state index in [2.05, 4.69) is 17.4 Å². The Labute approximate surface area is 117 Å². The standard InChI is InChI=1S/C16H15ClFN/c17-15-7-6-12-10-19-13(9-14(12)16(15)18)8-11-4-2-1-3-5-11/h1-7,13,19H,8-10H2. The third-order valence-electron chi connectivity index (χ3n) is 3.65. The predicted molar refractivity (Wildman–Crippen MR) is 75.9 cm³/mol. The molecule has 0 fully saturated rings. The summed E-state index contributed by atoms with van der Waals surface area (Å²) >= 11 is 5.86. The van der Waals surface area contributed by atoms with Gasteiger partial charge in [-0.05, 0) is 35.6 Å². The van der Waals surface area contributed by atoms with E-state index in [4.69, 9.17) is 11.6 Å². The second kappa shape index (κ2) is 5.32. The third-order valence-corrected chi connectivity index (χ3v) is 3.94. The monoisotopic (exact) mass is 275 g/mol. The van der Waals surface area contributed by atoms with Crippen molar-refractivity contribution in [2.45, 2.75) is 25.4 Å². The van der Waals surface area contributed by atoms with Crippen LogP contribution in [-0.2, 0) is 19.4 Å². The number of hydrogen-bond donors (Lipinski definition) is 1. The first-order valence-electron chi connectivity index (χ1n) is 6.47. The Bertz CT molecular complexity index is 583. The summed E-state index contributed by atoms with van der Waals surface area (Å²) in [7, 11) is 0. The quantitative estimate of drug-likeness (QED) is 0.880. The van der Waals surface area contributed by atoms with Crippen LogP contribution in [0, 0.1) is 5.82 Å². The average Bonchev–Trinajstić information content (AvgIpc) is 2.45. The van der Waals surface area contributed by atoms with Crippen LogP contribution in [0.25, 0.3) is 0 Å². The Morgan fingerprint density at radius 2 is 1.95 bits per heavy atom. The summed E-state index contributed by atoms with van der Waals surface area (Å²) in [6.07, 6.45) is 1.60. The fourth-order valence-corrected chi connectivity index (χ4v) is 2.81. The van der Waals surface area contributed by atoms with Crippen LogP contribution < -0.4 is 5.32 Å². The second-order valence-corrected chi connectivity index (χ2v) is 5.38. The fourth-order valence-electron chi connectivity index (χ4n) is 2.63. The molecule has 1 aliphatic heterocycles. The lowest BCUT2D eigenvalue weighted by molar-refractivity contribution is 0.460. The normalized spacial score (nSPS) is 18.1. The molecule has 1 aliphatic rings. The molecule has 0 saturated heterocycles. The molecule has 0 aliphatic carbocycles. The lowest BCUT2D eigenvalue weighted by Gasteiger charge is -2.27. The van der Waals surface area contributed by atoms with Gasteiger partial charge in [0.2, 0.25) is 0 Å². The zero-order valence-electron chi connectivity index (χ0n) is 10.5. The summed E-state index contributed by atoms with van der Waals surface area (Å²) in [5.41, 5.74) is 3.06. The number of fused-ring (bicyclic) bond motifs is 1. The van der Waals surface area contributed by atoms with Crippen molar-refractivity contribution < 1.29 is 4.39 Å². The molecule has 1 nitrogen and oxygen atoms in total. The first kappa shape index (κ1) is 12.6. The maximum atomic E-state index is 14.0. The highest BCUT2D eigenvalue weighted by molar-refractivity contribution is 6.30. The zero-order valence-corrected chi connectivity index (χ0v) is 11.3. The third kappa shape index (κ3) is 2.65. The van der Waals surface area contributed by atoms with E-state index in [0.717, 1.165) is 17.5 Å². The van der Waals surface area contributed by atoms with Crippen LogP contribution in [0.5, 0.6) is 0 Å². The van der Waals surface area contributed by atoms with Crippen molar-refractivity contribution in [2.75, 3.05) is 0 Å². The number of hydrogen-bond acceptors (Lipinski definition) is 1. The van der Waals surface area contributed by atoms with Gasteiger partial charge in [0.1, 0.15) is 5.82 Å². The Kier molecular flexibility index (Phi) is 3.54. The summed E-state index contributed by atoms with van der Waals surface area (Å²) in [5.74, 6) is -0.251. The van der Waals surface area contributed by atoms with Gasteiger partial charge in [0.05, 0.1) is 5.02 Å². The molecule has 0 bridgehead atoms. The second-order valence-electron chi connectivity index (χ2n) is 4.97. The summed E-state index contributed by atoms with van der Waals surface area (Å²) in [6.45, 7) is 0.709.